The number of hydroxylamine groups is 1. The average molecular weight is 790 g/mol. The Kier molecular flexibility index (Phi) is 11.7. The number of hydrogen-bond donors (Lipinski definition) is 3. The minimum absolute atomic E-state index is 0.100. The highest BCUT2D eigenvalue weighted by Crippen LogP contribution is 2.64. The Morgan fingerprint density at radius 1 is 1.05 bits per heavy atom. The molecule has 300 valence electrons. The van der Waals surface area contributed by atoms with E-state index in [0.29, 0.717) is 61.1 Å². The molecule has 0 spiro atoms. The van der Waals surface area contributed by atoms with Gasteiger partial charge in [-0.2, -0.15) is 5.10 Å². The van der Waals surface area contributed by atoms with Crippen LogP contribution in [-0.4, -0.2) is 54.4 Å². The molecule has 57 heavy (non-hydrogen) atoms. The zero-order chi connectivity index (χ0) is 41.3. The number of rotatable bonds is 14. The average Bonchev–Trinajstić information content (AvgIpc) is 3.71. The second-order valence-electron chi connectivity index (χ2n) is 17.1. The van der Waals surface area contributed by atoms with Crippen molar-refractivity contribution in [3.05, 3.63) is 108 Å². The van der Waals surface area contributed by atoms with Gasteiger partial charge in [-0.25, -0.2) is 25.2 Å². The first-order valence-electron chi connectivity index (χ1n) is 19.5. The molecular weight excluding hydrogens is 735 g/mol. The lowest BCUT2D eigenvalue weighted by atomic mass is 9.47. The summed E-state index contributed by atoms with van der Waals surface area (Å²) < 4.78 is 2.02. The molecule has 1 amide bonds. The highest BCUT2D eigenvalue weighted by molar-refractivity contribution is 7.21. The van der Waals surface area contributed by atoms with Crippen molar-refractivity contribution in [3.8, 4) is 11.1 Å². The molecule has 11 nitrogen and oxygen atoms in total. The Morgan fingerprint density at radius 3 is 2.44 bits per heavy atom. The molecule has 2 aliphatic carbocycles. The molecule has 2 bridgehead atoms. The van der Waals surface area contributed by atoms with E-state index in [-0.39, 0.29) is 33.4 Å². The molecule has 0 saturated heterocycles. The molecular formula is C45H55N7O4S. The van der Waals surface area contributed by atoms with Crippen LogP contribution in [0, 0.1) is 23.2 Å². The van der Waals surface area contributed by atoms with E-state index >= 15 is 0 Å². The van der Waals surface area contributed by atoms with Crippen LogP contribution in [0.25, 0.3) is 27.0 Å². The number of carboxylic acids is 1. The van der Waals surface area contributed by atoms with Crippen molar-refractivity contribution in [1.82, 2.24) is 30.2 Å². The van der Waals surface area contributed by atoms with Gasteiger partial charge in [0.05, 0.1) is 17.5 Å². The number of amides is 1. The van der Waals surface area contributed by atoms with Gasteiger partial charge in [0.15, 0.2) is 10.8 Å². The number of carboxylic acid groups (broad SMARTS) is 1. The fraction of sp³-hybridized carbons (Fsp3) is 0.422. The van der Waals surface area contributed by atoms with Crippen molar-refractivity contribution < 1.29 is 19.5 Å². The maximum absolute atomic E-state index is 13.7. The lowest BCUT2D eigenvalue weighted by Crippen LogP contribution is -2.58. The van der Waals surface area contributed by atoms with Crippen LogP contribution < -0.4 is 10.8 Å². The maximum Gasteiger partial charge on any atom is 0.355 e. The van der Waals surface area contributed by atoms with Gasteiger partial charge in [-0.1, -0.05) is 82.4 Å². The van der Waals surface area contributed by atoms with Gasteiger partial charge in [-0.05, 0) is 105 Å². The number of pyridine rings is 2. The van der Waals surface area contributed by atoms with E-state index in [1.54, 1.807) is 61.8 Å². The molecule has 2 fully saturated rings. The van der Waals surface area contributed by atoms with Crippen LogP contribution in [0.2, 0.25) is 0 Å². The van der Waals surface area contributed by atoms with Gasteiger partial charge in [0, 0.05) is 47.8 Å². The van der Waals surface area contributed by atoms with Crippen LogP contribution in [0.5, 0.6) is 0 Å². The van der Waals surface area contributed by atoms with E-state index in [9.17, 15) is 14.7 Å². The van der Waals surface area contributed by atoms with Crippen molar-refractivity contribution in [2.24, 2.45) is 16.2 Å². The molecule has 4 unspecified atom stereocenters. The van der Waals surface area contributed by atoms with Crippen LogP contribution in [0.15, 0.2) is 90.8 Å². The highest BCUT2D eigenvalue weighted by atomic mass is 32.1. The molecule has 4 heterocycles. The molecule has 0 aromatic carbocycles. The van der Waals surface area contributed by atoms with Crippen LogP contribution in [0.3, 0.4) is 0 Å². The monoisotopic (exact) mass is 789 g/mol. The Bertz CT molecular complexity index is 2300. The first kappa shape index (κ1) is 41.6. The normalized spacial score (nSPS) is 25.4. The van der Waals surface area contributed by atoms with Gasteiger partial charge in [-0.3, -0.25) is 19.6 Å². The molecule has 12 heteroatoms. The number of hydrogen-bond acceptors (Lipinski definition) is 9. The van der Waals surface area contributed by atoms with Crippen LogP contribution in [0.4, 0.5) is 5.13 Å². The smallest absolute Gasteiger partial charge is 0.355 e. The van der Waals surface area contributed by atoms with E-state index in [4.69, 9.17) is 9.94 Å². The van der Waals surface area contributed by atoms with Gasteiger partial charge < -0.3 is 5.11 Å². The van der Waals surface area contributed by atoms with Gasteiger partial charge in [0.2, 0.25) is 0 Å². The van der Waals surface area contributed by atoms with Crippen molar-refractivity contribution in [1.29, 1.82) is 0 Å². The van der Waals surface area contributed by atoms with Crippen molar-refractivity contribution in [2.75, 3.05) is 12.4 Å². The summed E-state index contributed by atoms with van der Waals surface area (Å²) in [7, 11) is 1.85. The SMILES string of the molecule is C=C\C(=C/C(C(=C)C)=C(/C=C\C)C(=O)Nc1nc2cccnc2s1)c1ccc(-c2cnn(CC3(C)CC4(C)CC(C)(CC)CC(ONC)(C3)C4)c2C)c(C(=O)O)n1. The predicted octanol–water partition coefficient (Wildman–Crippen LogP) is 9.91. The number of fused-ring (bicyclic) bond motifs is 3. The number of allylic oxidation sites excluding steroid dienone is 6. The quantitative estimate of drug-likeness (QED) is 0.0646. The number of anilines is 1. The second-order valence-corrected chi connectivity index (χ2v) is 18.0. The Morgan fingerprint density at radius 2 is 1.79 bits per heavy atom. The minimum Gasteiger partial charge on any atom is -0.476 e. The number of carbonyl (C=O) groups is 2. The van der Waals surface area contributed by atoms with Crippen LogP contribution >= 0.6 is 11.3 Å². The van der Waals surface area contributed by atoms with Crippen molar-refractivity contribution >= 4 is 44.3 Å². The third-order valence-electron chi connectivity index (χ3n) is 11.7. The standard InChI is InChI=1S/C45H55N7O4S/c1-11-15-32(38(53)51-41-50-36-16-14-19-47-39(36)57-41)33(28(4)5)20-30(12-2)35-18-17-31(37(49-35)40(54)55)34-21-48-52(29(34)6)27-44(9)23-43(8)22-42(7,13-3)24-45(25-43,26-44)56-46-10/h11-12,14-21,46H,2,4,13,22-27H2,1,3,5-10H3,(H,54,55)(H,50,51,53)/b15-11-,30-20+,33-32+. The molecule has 4 atom stereocenters. The van der Waals surface area contributed by atoms with E-state index in [1.165, 1.54) is 11.3 Å². The summed E-state index contributed by atoms with van der Waals surface area (Å²) in [5.74, 6) is -1.54. The zero-order valence-corrected chi connectivity index (χ0v) is 35.3. The Labute approximate surface area is 339 Å². The summed E-state index contributed by atoms with van der Waals surface area (Å²) >= 11 is 1.28. The third kappa shape index (κ3) is 8.63. The summed E-state index contributed by atoms with van der Waals surface area (Å²) in [6, 6.07) is 7.19. The highest BCUT2D eigenvalue weighted by Gasteiger charge is 2.59. The summed E-state index contributed by atoms with van der Waals surface area (Å²) in [6.45, 7) is 23.9. The first-order chi connectivity index (χ1) is 27.0. The van der Waals surface area contributed by atoms with Crippen molar-refractivity contribution in [3.63, 3.8) is 0 Å². The maximum atomic E-state index is 13.7. The lowest BCUT2D eigenvalue weighted by molar-refractivity contribution is -0.220. The molecule has 2 aliphatic rings. The van der Waals surface area contributed by atoms with Crippen LogP contribution in [-0.2, 0) is 16.2 Å². The first-order valence-corrected chi connectivity index (χ1v) is 20.3. The van der Waals surface area contributed by atoms with Gasteiger partial charge >= 0.3 is 5.97 Å². The summed E-state index contributed by atoms with van der Waals surface area (Å²) in [5, 5.41) is 18.7. The van der Waals surface area contributed by atoms with Crippen molar-refractivity contribution in [2.45, 2.75) is 99.1 Å². The third-order valence-corrected chi connectivity index (χ3v) is 12.6. The molecule has 4 aromatic rings. The Balaban J connectivity index is 1.32. The number of aromatic nitrogens is 5. The van der Waals surface area contributed by atoms with E-state index < -0.39 is 5.97 Å². The van der Waals surface area contributed by atoms with Crippen LogP contribution in [0.1, 0.15) is 102 Å². The molecule has 3 N–H and O–H groups in total. The molecule has 6 rings (SSSR count). The summed E-state index contributed by atoms with van der Waals surface area (Å²) in [5.41, 5.74) is 8.06. The van der Waals surface area contributed by atoms with E-state index in [1.807, 2.05) is 31.6 Å². The number of thiazole rings is 1. The lowest BCUT2D eigenvalue weighted by Gasteiger charge is -2.61. The second kappa shape index (κ2) is 16.1. The van der Waals surface area contributed by atoms with E-state index in [2.05, 4.69) is 66.6 Å². The van der Waals surface area contributed by atoms with Gasteiger partial charge in [0.1, 0.15) is 10.3 Å². The van der Waals surface area contributed by atoms with Gasteiger partial charge in [-0.15, -0.1) is 0 Å². The fourth-order valence-corrected chi connectivity index (χ4v) is 10.9. The predicted molar refractivity (Wildman–Crippen MR) is 229 cm³/mol. The topological polar surface area (TPSA) is 144 Å². The molecule has 2 saturated carbocycles. The molecule has 0 radical (unpaired) electrons. The fourth-order valence-electron chi connectivity index (χ4n) is 10.1. The largest absolute Gasteiger partial charge is 0.476 e. The summed E-state index contributed by atoms with van der Waals surface area (Å²) in [6.07, 6.45) is 16.5. The Hall–Kier alpha value is -5.04. The number of nitrogens with zero attached hydrogens (tertiary/aromatic N) is 5. The minimum atomic E-state index is -1.16. The molecule has 0 aliphatic heterocycles. The number of nitrogens with one attached hydrogen (secondary N) is 2. The van der Waals surface area contributed by atoms with Gasteiger partial charge in [0.25, 0.3) is 5.91 Å². The number of aromatic carboxylic acids is 1. The number of carbonyl (C=O) groups excluding carboxylic acids is 1. The molecule has 4 aromatic heterocycles. The summed E-state index contributed by atoms with van der Waals surface area (Å²) in [4.78, 5) is 47.2. The van der Waals surface area contributed by atoms with E-state index in [0.717, 1.165) is 44.2 Å². The zero-order valence-electron chi connectivity index (χ0n) is 34.5.